The van der Waals surface area contributed by atoms with Gasteiger partial charge in [0.1, 0.15) is 22.1 Å². The molecule has 10 heteroatoms. The molecular weight excluding hydrogens is 583 g/mol. The Kier molecular flexibility index (Phi) is 5.90. The number of nitrogens with zero attached hydrogens (tertiary/aromatic N) is 2. The minimum atomic E-state index is -1.04. The van der Waals surface area contributed by atoms with Gasteiger partial charge >= 0.3 is 5.97 Å². The Morgan fingerprint density at radius 1 is 1.10 bits per heavy atom. The van der Waals surface area contributed by atoms with Crippen molar-refractivity contribution >= 4 is 50.7 Å². The van der Waals surface area contributed by atoms with E-state index in [2.05, 4.69) is 5.16 Å². The van der Waals surface area contributed by atoms with Gasteiger partial charge in [0.05, 0.1) is 38.0 Å². The van der Waals surface area contributed by atoms with E-state index in [1.807, 2.05) is 18.2 Å². The molecule has 0 aliphatic heterocycles. The molecule has 2 heterocycles. The lowest BCUT2D eigenvalue weighted by molar-refractivity contribution is -0.250. The molecule has 2 N–H and O–H groups in total. The highest BCUT2D eigenvalue weighted by Crippen LogP contribution is 2.65. The van der Waals surface area contributed by atoms with Crippen LogP contribution in [0.1, 0.15) is 77.6 Å². The Labute approximate surface area is 250 Å². The number of hydrogen-bond donors (Lipinski definition) is 2. The summed E-state index contributed by atoms with van der Waals surface area (Å²) in [4.78, 5) is 16.3. The maximum Gasteiger partial charge on any atom is 0.335 e. The first-order valence-electron chi connectivity index (χ1n) is 14.2. The van der Waals surface area contributed by atoms with Gasteiger partial charge < -0.3 is 19.5 Å². The Morgan fingerprint density at radius 2 is 1.83 bits per heavy atom. The Bertz CT molecular complexity index is 1680. The van der Waals surface area contributed by atoms with Crippen molar-refractivity contribution in [3.8, 4) is 11.3 Å². The lowest BCUT2D eigenvalue weighted by atomic mass is 9.48. The van der Waals surface area contributed by atoms with Gasteiger partial charge in [-0.3, -0.25) is 0 Å². The van der Waals surface area contributed by atoms with Crippen molar-refractivity contribution in [1.82, 2.24) is 10.1 Å². The number of hydrogen-bond acceptors (Lipinski definition) is 7. The first-order valence-corrected chi connectivity index (χ1v) is 15.7. The molecule has 5 fully saturated rings. The minimum absolute atomic E-state index is 0.0242. The molecule has 2 aromatic heterocycles. The highest BCUT2D eigenvalue weighted by atomic mass is 35.5. The van der Waals surface area contributed by atoms with Crippen LogP contribution < -0.4 is 0 Å². The van der Waals surface area contributed by atoms with Gasteiger partial charge in [0.25, 0.3) is 0 Å². The number of halogens is 2. The van der Waals surface area contributed by atoms with E-state index in [1.165, 1.54) is 11.3 Å². The molecule has 0 radical (unpaired) electrons. The van der Waals surface area contributed by atoms with Gasteiger partial charge in [0.15, 0.2) is 0 Å². The van der Waals surface area contributed by atoms with Crippen molar-refractivity contribution in [3.63, 3.8) is 0 Å². The molecule has 0 saturated heterocycles. The van der Waals surface area contributed by atoms with Gasteiger partial charge in [0, 0.05) is 17.0 Å². The van der Waals surface area contributed by atoms with E-state index in [0.717, 1.165) is 66.5 Å². The monoisotopic (exact) mass is 610 g/mol. The SMILES string of the molecule is O=C(O)c1ccc2nc([C@@]3(O)[C@@H]4C[C@@H]5C[C@H]3C[C@@](OCc3c(-c6c(Cl)cccc6Cl)noc3C3CC3)(C5)C4)sc2c1. The second-order valence-electron chi connectivity index (χ2n) is 12.4. The molecule has 5 saturated carbocycles. The molecule has 0 unspecified atom stereocenters. The van der Waals surface area contributed by atoms with Crippen LogP contribution in [0.5, 0.6) is 0 Å². The number of carboxylic acids is 1. The fourth-order valence-corrected chi connectivity index (χ4v) is 9.77. The average Bonchev–Trinajstić information content (AvgIpc) is 3.55. The third-order valence-electron chi connectivity index (χ3n) is 9.84. The van der Waals surface area contributed by atoms with Crippen molar-refractivity contribution in [2.24, 2.45) is 17.8 Å². The zero-order valence-corrected chi connectivity index (χ0v) is 24.4. The topological polar surface area (TPSA) is 106 Å². The summed E-state index contributed by atoms with van der Waals surface area (Å²) >= 11 is 14.6. The van der Waals surface area contributed by atoms with E-state index in [4.69, 9.17) is 37.4 Å². The highest BCUT2D eigenvalue weighted by Gasteiger charge is 2.64. The van der Waals surface area contributed by atoms with E-state index < -0.39 is 11.6 Å². The molecule has 2 aromatic carbocycles. The van der Waals surface area contributed by atoms with Gasteiger partial charge in [-0.2, -0.15) is 0 Å². The van der Waals surface area contributed by atoms with E-state index in [-0.39, 0.29) is 23.0 Å². The van der Waals surface area contributed by atoms with Gasteiger partial charge in [-0.05, 0) is 93.0 Å². The van der Waals surface area contributed by atoms with Crippen LogP contribution in [0.25, 0.3) is 21.5 Å². The number of aliphatic hydroxyl groups is 1. The molecular formula is C31H28Cl2N2O5S. The van der Waals surface area contributed by atoms with Crippen molar-refractivity contribution in [2.75, 3.05) is 0 Å². The number of fused-ring (bicyclic) bond motifs is 1. The summed E-state index contributed by atoms with van der Waals surface area (Å²) in [5.74, 6) is 0.786. The summed E-state index contributed by atoms with van der Waals surface area (Å²) in [5.41, 5.74) is 1.83. The molecule has 41 heavy (non-hydrogen) atoms. The molecule has 212 valence electrons. The maximum absolute atomic E-state index is 12.3. The summed E-state index contributed by atoms with van der Waals surface area (Å²) in [6, 6.07) is 10.4. The highest BCUT2D eigenvalue weighted by molar-refractivity contribution is 7.18. The zero-order valence-electron chi connectivity index (χ0n) is 22.1. The number of thiazole rings is 1. The number of aromatic carboxylic acids is 1. The number of ether oxygens (including phenoxy) is 1. The van der Waals surface area contributed by atoms with Crippen LogP contribution >= 0.6 is 34.5 Å². The van der Waals surface area contributed by atoms with E-state index in [1.54, 1.807) is 18.2 Å². The van der Waals surface area contributed by atoms with Gasteiger partial charge in [0.2, 0.25) is 0 Å². The summed E-state index contributed by atoms with van der Waals surface area (Å²) in [5, 5.41) is 27.9. The fraction of sp³-hybridized carbons (Fsp3) is 0.452. The quantitative estimate of drug-likeness (QED) is 0.220. The second kappa shape index (κ2) is 9.25. The van der Waals surface area contributed by atoms with Crippen LogP contribution in [0.4, 0.5) is 0 Å². The second-order valence-corrected chi connectivity index (χ2v) is 14.2. The lowest BCUT2D eigenvalue weighted by Gasteiger charge is -2.62. The number of aromatic nitrogens is 2. The Morgan fingerprint density at radius 3 is 2.51 bits per heavy atom. The number of carboxylic acid groups (broad SMARTS) is 1. The predicted octanol–water partition coefficient (Wildman–Crippen LogP) is 7.82. The average molecular weight is 612 g/mol. The molecule has 7 nitrogen and oxygen atoms in total. The van der Waals surface area contributed by atoms with Crippen molar-refractivity contribution < 1.29 is 24.3 Å². The first-order chi connectivity index (χ1) is 19.7. The summed E-state index contributed by atoms with van der Waals surface area (Å²) in [6.07, 6.45) is 6.49. The summed E-state index contributed by atoms with van der Waals surface area (Å²) in [6.45, 7) is 0.357. The van der Waals surface area contributed by atoms with E-state index in [0.29, 0.717) is 44.8 Å². The maximum atomic E-state index is 12.3. The summed E-state index contributed by atoms with van der Waals surface area (Å²) in [7, 11) is 0. The lowest BCUT2D eigenvalue weighted by Crippen LogP contribution is -2.62. The van der Waals surface area contributed by atoms with Crippen molar-refractivity contribution in [1.29, 1.82) is 0 Å². The Hall–Kier alpha value is -2.49. The number of benzene rings is 2. The van der Waals surface area contributed by atoms with Crippen LogP contribution in [0, 0.1) is 17.8 Å². The molecule has 5 atom stereocenters. The molecule has 0 amide bonds. The molecule has 5 aliphatic carbocycles. The van der Waals surface area contributed by atoms with Crippen LogP contribution in [0.15, 0.2) is 40.9 Å². The standard InChI is InChI=1S/C31H28Cl2N2O5S/c32-21-2-1-3-22(33)25(21)26-20(27(40-35-26)16-4-5-16)14-39-30-11-15-8-18(12-30)31(38,19(9-15)13-30)29-34-23-7-6-17(28(36)37)10-24(23)41-29/h1-3,6-7,10,15-16,18-19,38H,4-5,8-9,11-14H2,(H,36,37)/t15-,18-,19+,30-,31-. The molecule has 9 rings (SSSR count). The zero-order chi connectivity index (χ0) is 28.1. The Balaban J connectivity index is 1.10. The van der Waals surface area contributed by atoms with E-state index in [9.17, 15) is 15.0 Å². The third kappa shape index (κ3) is 4.09. The predicted molar refractivity (Wildman–Crippen MR) is 155 cm³/mol. The molecule has 0 spiro atoms. The third-order valence-corrected chi connectivity index (χ3v) is 11.6. The first kappa shape index (κ1) is 26.2. The van der Waals surface area contributed by atoms with Crippen LogP contribution in [0.3, 0.4) is 0 Å². The smallest absolute Gasteiger partial charge is 0.335 e. The normalized spacial score (nSPS) is 30.4. The molecule has 5 aliphatic rings. The largest absolute Gasteiger partial charge is 0.478 e. The van der Waals surface area contributed by atoms with Crippen LogP contribution in [-0.4, -0.2) is 31.9 Å². The van der Waals surface area contributed by atoms with Crippen molar-refractivity contribution in [3.05, 3.63) is 68.3 Å². The summed E-state index contributed by atoms with van der Waals surface area (Å²) < 4.78 is 13.6. The van der Waals surface area contributed by atoms with Gasteiger partial charge in [-0.25, -0.2) is 9.78 Å². The fourth-order valence-electron chi connectivity index (χ4n) is 7.94. The molecule has 4 aromatic rings. The molecule has 4 bridgehead atoms. The van der Waals surface area contributed by atoms with Crippen molar-refractivity contribution in [2.45, 2.75) is 68.7 Å². The van der Waals surface area contributed by atoms with Crippen LogP contribution in [-0.2, 0) is 16.9 Å². The van der Waals surface area contributed by atoms with Crippen LogP contribution in [0.2, 0.25) is 10.0 Å². The van der Waals surface area contributed by atoms with E-state index >= 15 is 0 Å². The number of rotatable bonds is 7. The van der Waals surface area contributed by atoms with Gasteiger partial charge in [-0.15, -0.1) is 11.3 Å². The number of carbonyl (C=O) groups is 1. The minimum Gasteiger partial charge on any atom is -0.478 e. The van der Waals surface area contributed by atoms with Gasteiger partial charge in [-0.1, -0.05) is 34.4 Å².